The number of nitrogen functional groups attached to an aromatic ring is 1. The lowest BCUT2D eigenvalue weighted by Gasteiger charge is -2.03. The first-order valence-electron chi connectivity index (χ1n) is 6.02. The Morgan fingerprint density at radius 2 is 1.81 bits per heavy atom. The first-order chi connectivity index (χ1) is 9.95. The lowest BCUT2D eigenvalue weighted by molar-refractivity contribution is 0.491. The fourth-order valence-corrected chi connectivity index (χ4v) is 2.83. The van der Waals surface area contributed by atoms with Gasteiger partial charge >= 0.3 is 0 Å². The second-order valence-corrected chi connectivity index (χ2v) is 5.79. The lowest BCUT2D eigenvalue weighted by Crippen LogP contribution is -2.01. The van der Waals surface area contributed by atoms with E-state index < -0.39 is 17.5 Å². The molecule has 0 spiro atoms. The number of rotatable bonds is 2. The topological polar surface area (TPSA) is 43.8 Å². The molecule has 3 nitrogen and oxygen atoms in total. The summed E-state index contributed by atoms with van der Waals surface area (Å²) in [6.45, 7) is 1.94. The zero-order valence-corrected chi connectivity index (χ0v) is 11.7. The Morgan fingerprint density at radius 3 is 2.48 bits per heavy atom. The van der Waals surface area contributed by atoms with Crippen molar-refractivity contribution in [3.8, 4) is 16.3 Å². The summed E-state index contributed by atoms with van der Waals surface area (Å²) in [5, 5.41) is 4.17. The molecule has 0 aliphatic heterocycles. The number of halogens is 3. The third-order valence-electron chi connectivity index (χ3n) is 2.95. The first-order valence-corrected chi connectivity index (χ1v) is 6.84. The highest BCUT2D eigenvalue weighted by atomic mass is 32.1. The molecule has 0 saturated heterocycles. The van der Waals surface area contributed by atoms with Crippen LogP contribution in [0.3, 0.4) is 0 Å². The van der Waals surface area contributed by atoms with E-state index in [1.54, 1.807) is 0 Å². The van der Waals surface area contributed by atoms with Crippen molar-refractivity contribution >= 4 is 17.0 Å². The van der Waals surface area contributed by atoms with Crippen LogP contribution in [0, 0.1) is 24.4 Å². The van der Waals surface area contributed by atoms with Crippen LogP contribution in [-0.4, -0.2) is 9.78 Å². The Hall–Kier alpha value is -2.28. The van der Waals surface area contributed by atoms with Crippen molar-refractivity contribution in [3.63, 3.8) is 0 Å². The van der Waals surface area contributed by atoms with Crippen molar-refractivity contribution < 1.29 is 13.2 Å². The minimum atomic E-state index is -1.24. The van der Waals surface area contributed by atoms with Gasteiger partial charge in [0, 0.05) is 17.0 Å². The maximum absolute atomic E-state index is 13.8. The molecular weight excluding hydrogens is 299 g/mol. The third-order valence-corrected chi connectivity index (χ3v) is 3.96. The SMILES string of the molecule is Cc1ccc(-c2nn(-c3cc(F)c(F)cc3F)cc2N)s1. The van der Waals surface area contributed by atoms with Crippen LogP contribution in [0.4, 0.5) is 18.9 Å². The van der Waals surface area contributed by atoms with Crippen LogP contribution in [0.1, 0.15) is 4.88 Å². The molecule has 3 aromatic rings. The normalized spacial score (nSPS) is 11.0. The van der Waals surface area contributed by atoms with Crippen LogP contribution in [0.5, 0.6) is 0 Å². The van der Waals surface area contributed by atoms with E-state index >= 15 is 0 Å². The van der Waals surface area contributed by atoms with Crippen molar-refractivity contribution in [1.29, 1.82) is 0 Å². The molecule has 0 saturated carbocycles. The molecule has 7 heteroatoms. The third kappa shape index (κ3) is 2.40. The summed E-state index contributed by atoms with van der Waals surface area (Å²) in [5.74, 6) is -3.30. The highest BCUT2D eigenvalue weighted by Crippen LogP contribution is 2.31. The van der Waals surface area contributed by atoms with E-state index in [9.17, 15) is 13.2 Å². The Bertz CT molecular complexity index is 823. The highest BCUT2D eigenvalue weighted by Gasteiger charge is 2.16. The van der Waals surface area contributed by atoms with Crippen LogP contribution in [0.2, 0.25) is 0 Å². The molecule has 0 unspecified atom stereocenters. The number of nitrogens with zero attached hydrogens (tertiary/aromatic N) is 2. The number of anilines is 1. The van der Waals surface area contributed by atoms with Gasteiger partial charge in [0.15, 0.2) is 17.5 Å². The van der Waals surface area contributed by atoms with Gasteiger partial charge in [-0.2, -0.15) is 5.10 Å². The predicted octanol–water partition coefficient (Wildman–Crippen LogP) is 3.91. The Kier molecular flexibility index (Phi) is 3.21. The molecule has 0 aliphatic rings. The monoisotopic (exact) mass is 309 g/mol. The molecule has 0 fully saturated rings. The second-order valence-electron chi connectivity index (χ2n) is 4.51. The van der Waals surface area contributed by atoms with E-state index in [0.29, 0.717) is 17.4 Å². The van der Waals surface area contributed by atoms with Gasteiger partial charge in [-0.25, -0.2) is 17.9 Å². The van der Waals surface area contributed by atoms with Crippen LogP contribution in [-0.2, 0) is 0 Å². The van der Waals surface area contributed by atoms with Gasteiger partial charge in [-0.05, 0) is 19.1 Å². The molecule has 2 heterocycles. The number of hydrogen-bond donors (Lipinski definition) is 1. The summed E-state index contributed by atoms with van der Waals surface area (Å²) >= 11 is 1.49. The lowest BCUT2D eigenvalue weighted by atomic mass is 10.3. The zero-order chi connectivity index (χ0) is 15.1. The molecule has 0 aliphatic carbocycles. The quantitative estimate of drug-likeness (QED) is 0.729. The van der Waals surface area contributed by atoms with E-state index in [1.807, 2.05) is 19.1 Å². The minimum absolute atomic E-state index is 0.194. The van der Waals surface area contributed by atoms with E-state index in [4.69, 9.17) is 5.73 Å². The van der Waals surface area contributed by atoms with Gasteiger partial charge in [-0.3, -0.25) is 0 Å². The van der Waals surface area contributed by atoms with Crippen molar-refractivity contribution in [3.05, 3.63) is 52.8 Å². The summed E-state index contributed by atoms with van der Waals surface area (Å²) in [7, 11) is 0. The molecule has 1 aromatic carbocycles. The van der Waals surface area contributed by atoms with Gasteiger partial charge in [0.25, 0.3) is 0 Å². The summed E-state index contributed by atoms with van der Waals surface area (Å²) in [6.07, 6.45) is 1.38. The fraction of sp³-hybridized carbons (Fsp3) is 0.0714. The van der Waals surface area contributed by atoms with Crippen LogP contribution >= 0.6 is 11.3 Å². The molecule has 21 heavy (non-hydrogen) atoms. The van der Waals surface area contributed by atoms with Gasteiger partial charge in [-0.1, -0.05) is 0 Å². The van der Waals surface area contributed by atoms with Gasteiger partial charge in [0.1, 0.15) is 11.4 Å². The second kappa shape index (κ2) is 4.92. The summed E-state index contributed by atoms with van der Waals surface area (Å²) in [5.41, 5.74) is 6.49. The Labute approximate surface area is 122 Å². The predicted molar refractivity (Wildman–Crippen MR) is 75.9 cm³/mol. The van der Waals surface area contributed by atoms with Crippen LogP contribution in [0.25, 0.3) is 16.3 Å². The minimum Gasteiger partial charge on any atom is -0.396 e. The van der Waals surface area contributed by atoms with Crippen LogP contribution in [0.15, 0.2) is 30.5 Å². The number of nitrogens with two attached hydrogens (primary N) is 1. The van der Waals surface area contributed by atoms with E-state index in [1.165, 1.54) is 17.5 Å². The maximum Gasteiger partial charge on any atom is 0.161 e. The number of hydrogen-bond acceptors (Lipinski definition) is 3. The van der Waals surface area contributed by atoms with E-state index in [-0.39, 0.29) is 5.69 Å². The number of benzene rings is 1. The number of aryl methyl sites for hydroxylation is 1. The maximum atomic E-state index is 13.8. The van der Waals surface area contributed by atoms with Gasteiger partial charge in [0.2, 0.25) is 0 Å². The molecule has 108 valence electrons. The highest BCUT2D eigenvalue weighted by molar-refractivity contribution is 7.15. The standard InChI is InChI=1S/C14H10F3N3S/c1-7-2-3-13(21-7)14-11(18)6-20(19-14)12-5-9(16)8(15)4-10(12)17/h2-6H,18H2,1H3. The average molecular weight is 309 g/mol. The molecule has 3 rings (SSSR count). The summed E-state index contributed by atoms with van der Waals surface area (Å²) in [6, 6.07) is 5.00. The smallest absolute Gasteiger partial charge is 0.161 e. The van der Waals surface area contributed by atoms with Crippen molar-refractivity contribution in [2.24, 2.45) is 0 Å². The fourth-order valence-electron chi connectivity index (χ4n) is 1.95. The van der Waals surface area contributed by atoms with Gasteiger partial charge in [0.05, 0.1) is 16.8 Å². The molecule has 0 amide bonds. The Morgan fingerprint density at radius 1 is 1.10 bits per heavy atom. The zero-order valence-electron chi connectivity index (χ0n) is 10.9. The molecular formula is C14H10F3N3S. The molecule has 2 N–H and O–H groups in total. The summed E-state index contributed by atoms with van der Waals surface area (Å²) < 4.78 is 41.1. The average Bonchev–Trinajstić information content (AvgIpc) is 3.00. The van der Waals surface area contributed by atoms with Gasteiger partial charge in [-0.15, -0.1) is 11.3 Å². The number of thiophene rings is 1. The number of aromatic nitrogens is 2. The molecule has 0 bridgehead atoms. The van der Waals surface area contributed by atoms with Crippen molar-refractivity contribution in [1.82, 2.24) is 9.78 Å². The van der Waals surface area contributed by atoms with E-state index in [2.05, 4.69) is 5.10 Å². The summed E-state index contributed by atoms with van der Waals surface area (Å²) in [4.78, 5) is 1.91. The largest absolute Gasteiger partial charge is 0.396 e. The van der Waals surface area contributed by atoms with Crippen LogP contribution < -0.4 is 5.73 Å². The molecule has 0 radical (unpaired) electrons. The Balaban J connectivity index is 2.11. The van der Waals surface area contributed by atoms with E-state index in [0.717, 1.165) is 20.5 Å². The molecule has 0 atom stereocenters. The van der Waals surface area contributed by atoms with Crippen molar-refractivity contribution in [2.45, 2.75) is 6.92 Å². The first kappa shape index (κ1) is 13.7. The molecule has 2 aromatic heterocycles. The van der Waals surface area contributed by atoms with Crippen molar-refractivity contribution in [2.75, 3.05) is 5.73 Å². The van der Waals surface area contributed by atoms with Gasteiger partial charge < -0.3 is 5.73 Å².